The largest absolute Gasteiger partial charge is 0.343 e. The third kappa shape index (κ3) is 2.99. The summed E-state index contributed by atoms with van der Waals surface area (Å²) in [5.41, 5.74) is 0.128. The molecular weight excluding hydrogens is 306 g/mol. The second-order valence-corrected chi connectivity index (χ2v) is 6.70. The van der Waals surface area contributed by atoms with Crippen LogP contribution in [0.2, 0.25) is 5.02 Å². The Morgan fingerprint density at radius 1 is 1.32 bits per heavy atom. The molecule has 2 rings (SSSR count). The van der Waals surface area contributed by atoms with Crippen molar-refractivity contribution in [2.24, 2.45) is 0 Å². The lowest BCUT2D eigenvalue weighted by molar-refractivity contribution is 0.0818. The van der Waals surface area contributed by atoms with Gasteiger partial charge >= 0.3 is 0 Å². The van der Waals surface area contributed by atoms with Gasteiger partial charge in [0.25, 0.3) is 5.91 Å². The molecule has 0 unspecified atom stereocenters. The van der Waals surface area contributed by atoms with E-state index in [-0.39, 0.29) is 11.6 Å². The van der Waals surface area contributed by atoms with Crippen LogP contribution < -0.4 is 0 Å². The highest BCUT2D eigenvalue weighted by Gasteiger charge is 2.23. The van der Waals surface area contributed by atoms with Crippen LogP contribution in [0.15, 0.2) is 33.4 Å². The maximum Gasteiger partial charge on any atom is 0.276 e. The molecule has 0 fully saturated rings. The van der Waals surface area contributed by atoms with Gasteiger partial charge in [-0.1, -0.05) is 16.1 Å². The Bertz CT molecular complexity index is 625. The average molecular weight is 316 g/mol. The zero-order chi connectivity index (χ0) is 14.0. The number of benzene rings is 1. The maximum atomic E-state index is 12.4. The van der Waals surface area contributed by atoms with Gasteiger partial charge in [0.1, 0.15) is 0 Å². The van der Waals surface area contributed by atoms with E-state index in [4.69, 9.17) is 11.6 Å². The Morgan fingerprint density at radius 2 is 1.95 bits per heavy atom. The minimum atomic E-state index is -1.49. The van der Waals surface area contributed by atoms with Crippen molar-refractivity contribution in [1.29, 1.82) is 0 Å². The molecule has 19 heavy (non-hydrogen) atoms. The van der Waals surface area contributed by atoms with E-state index in [1.165, 1.54) is 4.90 Å². The Kier molecular flexibility index (Phi) is 4.28. The molecule has 0 N–H and O–H groups in total. The number of hydrogen-bond donors (Lipinski definition) is 0. The van der Waals surface area contributed by atoms with Gasteiger partial charge in [0, 0.05) is 24.0 Å². The molecule has 1 atom stereocenters. The van der Waals surface area contributed by atoms with E-state index in [2.05, 4.69) is 9.59 Å². The molecular formula is C11H10ClN3O2S2. The van der Waals surface area contributed by atoms with Crippen LogP contribution in [-0.4, -0.2) is 38.7 Å². The van der Waals surface area contributed by atoms with Gasteiger partial charge in [-0.2, -0.15) is 0 Å². The van der Waals surface area contributed by atoms with Gasteiger partial charge in [-0.15, -0.1) is 5.10 Å². The summed E-state index contributed by atoms with van der Waals surface area (Å²) in [7, 11) is 1.73. The van der Waals surface area contributed by atoms with Crippen molar-refractivity contribution >= 4 is 39.8 Å². The van der Waals surface area contributed by atoms with E-state index in [1.807, 2.05) is 0 Å². The Balaban J connectivity index is 2.37. The van der Waals surface area contributed by atoms with Crippen LogP contribution in [0.25, 0.3) is 0 Å². The molecule has 1 aromatic heterocycles. The van der Waals surface area contributed by atoms with Gasteiger partial charge in [-0.25, -0.2) is 4.21 Å². The fraction of sp³-hybridized carbons (Fsp3) is 0.182. The molecule has 0 radical (unpaired) electrons. The molecule has 0 bridgehead atoms. The number of halogens is 1. The van der Waals surface area contributed by atoms with Crippen LogP contribution in [0, 0.1) is 0 Å². The van der Waals surface area contributed by atoms with Gasteiger partial charge in [-0.3, -0.25) is 4.79 Å². The second-order valence-electron chi connectivity index (χ2n) is 3.83. The van der Waals surface area contributed by atoms with Gasteiger partial charge in [-0.05, 0) is 35.8 Å². The summed E-state index contributed by atoms with van der Waals surface area (Å²) in [5.74, 6) is -0.314. The number of carbonyl (C=O) groups excluding carboxylic acids is 1. The van der Waals surface area contributed by atoms with Crippen molar-refractivity contribution in [2.75, 3.05) is 14.1 Å². The topological polar surface area (TPSA) is 63.2 Å². The maximum absolute atomic E-state index is 12.4. The zero-order valence-corrected chi connectivity index (χ0v) is 12.6. The first-order valence-corrected chi connectivity index (χ1v) is 7.52. The molecule has 2 aromatic rings. The highest BCUT2D eigenvalue weighted by Crippen LogP contribution is 2.24. The highest BCUT2D eigenvalue weighted by atomic mass is 35.5. The predicted molar refractivity (Wildman–Crippen MR) is 74.1 cm³/mol. The van der Waals surface area contributed by atoms with Crippen molar-refractivity contribution in [3.05, 3.63) is 35.0 Å². The molecule has 0 aliphatic rings. The van der Waals surface area contributed by atoms with E-state index in [1.54, 1.807) is 38.4 Å². The molecule has 0 saturated heterocycles. The first kappa shape index (κ1) is 14.1. The minimum Gasteiger partial charge on any atom is -0.343 e. The van der Waals surface area contributed by atoms with Crippen LogP contribution in [-0.2, 0) is 10.8 Å². The van der Waals surface area contributed by atoms with E-state index in [9.17, 15) is 9.00 Å². The Labute approximate surface area is 121 Å². The molecule has 8 heteroatoms. The number of hydrogen-bond acceptors (Lipinski definition) is 5. The summed E-state index contributed by atoms with van der Waals surface area (Å²) in [5, 5.41) is 4.32. The molecule has 1 heterocycles. The number of rotatable bonds is 3. The molecule has 0 aliphatic heterocycles. The van der Waals surface area contributed by atoms with Crippen LogP contribution in [0.4, 0.5) is 0 Å². The number of amides is 1. The number of aromatic nitrogens is 2. The van der Waals surface area contributed by atoms with Crippen molar-refractivity contribution in [2.45, 2.75) is 9.10 Å². The lowest BCUT2D eigenvalue weighted by Crippen LogP contribution is -2.23. The first-order chi connectivity index (χ1) is 9.00. The Morgan fingerprint density at radius 3 is 2.53 bits per heavy atom. The molecule has 5 nitrogen and oxygen atoms in total. The summed E-state index contributed by atoms with van der Waals surface area (Å²) in [6.45, 7) is 0. The van der Waals surface area contributed by atoms with Gasteiger partial charge in [0.2, 0.25) is 0 Å². The van der Waals surface area contributed by atoms with Crippen LogP contribution in [0.1, 0.15) is 10.5 Å². The molecule has 0 saturated carbocycles. The molecule has 0 spiro atoms. The monoisotopic (exact) mass is 315 g/mol. The van der Waals surface area contributed by atoms with E-state index >= 15 is 0 Å². The molecule has 1 amide bonds. The SMILES string of the molecule is CN(C)C(=O)c1nnsc1[S@@](=O)c1ccc(Cl)cc1. The highest BCUT2D eigenvalue weighted by molar-refractivity contribution is 7.87. The van der Waals surface area contributed by atoms with E-state index < -0.39 is 10.8 Å². The third-order valence-corrected chi connectivity index (χ3v) is 4.95. The lowest BCUT2D eigenvalue weighted by Gasteiger charge is -2.08. The molecule has 100 valence electrons. The molecule has 1 aromatic carbocycles. The lowest BCUT2D eigenvalue weighted by atomic mass is 10.4. The summed E-state index contributed by atoms with van der Waals surface area (Å²) in [6.07, 6.45) is 0. The number of carbonyl (C=O) groups is 1. The minimum absolute atomic E-state index is 0.128. The van der Waals surface area contributed by atoms with Crippen molar-refractivity contribution in [3.63, 3.8) is 0 Å². The summed E-state index contributed by atoms with van der Waals surface area (Å²) in [6, 6.07) is 6.61. The second kappa shape index (κ2) is 5.77. The standard InChI is InChI=1S/C11H10ClN3O2S2/c1-15(2)10(16)9-11(18-14-13-9)19(17)8-5-3-7(12)4-6-8/h3-6H,1-2H3/t19-/m0/s1. The summed E-state index contributed by atoms with van der Waals surface area (Å²) in [4.78, 5) is 13.8. The average Bonchev–Trinajstić information content (AvgIpc) is 2.86. The quantitative estimate of drug-likeness (QED) is 0.869. The predicted octanol–water partition coefficient (Wildman–Crippen LogP) is 2.06. The van der Waals surface area contributed by atoms with Crippen molar-refractivity contribution in [3.8, 4) is 0 Å². The summed E-state index contributed by atoms with van der Waals surface area (Å²) < 4.78 is 16.5. The fourth-order valence-electron chi connectivity index (χ4n) is 1.31. The number of nitrogens with zero attached hydrogens (tertiary/aromatic N) is 3. The van der Waals surface area contributed by atoms with Crippen LogP contribution in [0.3, 0.4) is 0 Å². The van der Waals surface area contributed by atoms with Crippen molar-refractivity contribution in [1.82, 2.24) is 14.5 Å². The molecule has 0 aliphatic carbocycles. The van der Waals surface area contributed by atoms with Gasteiger partial charge in [0.15, 0.2) is 9.90 Å². The zero-order valence-electron chi connectivity index (χ0n) is 10.2. The third-order valence-electron chi connectivity index (χ3n) is 2.26. The van der Waals surface area contributed by atoms with Gasteiger partial charge in [0.05, 0.1) is 10.8 Å². The van der Waals surface area contributed by atoms with E-state index in [0.29, 0.717) is 14.1 Å². The fourth-order valence-corrected chi connectivity index (χ4v) is 3.41. The first-order valence-electron chi connectivity index (χ1n) is 5.22. The van der Waals surface area contributed by atoms with Crippen LogP contribution in [0.5, 0.6) is 0 Å². The van der Waals surface area contributed by atoms with Crippen molar-refractivity contribution < 1.29 is 9.00 Å². The normalized spacial score (nSPS) is 12.2. The summed E-state index contributed by atoms with van der Waals surface area (Å²) >= 11 is 6.74. The smallest absolute Gasteiger partial charge is 0.276 e. The van der Waals surface area contributed by atoms with Gasteiger partial charge < -0.3 is 4.90 Å². The van der Waals surface area contributed by atoms with E-state index in [0.717, 1.165) is 11.5 Å². The Hall–Kier alpha value is -1.31. The van der Waals surface area contributed by atoms with Crippen LogP contribution >= 0.6 is 23.1 Å².